The van der Waals surface area contributed by atoms with Gasteiger partial charge in [-0.1, -0.05) is 87.4 Å². The van der Waals surface area contributed by atoms with E-state index in [-0.39, 0.29) is 0 Å². The van der Waals surface area contributed by atoms with E-state index in [0.717, 1.165) is 5.56 Å². The summed E-state index contributed by atoms with van der Waals surface area (Å²) in [6.07, 6.45) is 15.0. The lowest BCUT2D eigenvalue weighted by Gasteiger charge is -2.15. The smallest absolute Gasteiger partial charge is 0.0321 e. The fraction of sp³-hybridized carbons (Fsp3) is 0.308. The molecule has 4 aromatic carbocycles. The standard InChI is InChI=1S/C26H26/c1-3-5-6-7-8-9-10-20-12-14-22-15-17-23-19(4-2)11-13-21-16-18-24(20)26(22)25(21)23/h2,11-18H,3,5-10H2,1H3. The van der Waals surface area contributed by atoms with Gasteiger partial charge in [0.05, 0.1) is 0 Å². The molecule has 4 aromatic rings. The van der Waals surface area contributed by atoms with Gasteiger partial charge in [-0.15, -0.1) is 6.42 Å². The maximum Gasteiger partial charge on any atom is 0.0321 e. The van der Waals surface area contributed by atoms with Gasteiger partial charge in [0.25, 0.3) is 0 Å². The first kappa shape index (κ1) is 16.9. The van der Waals surface area contributed by atoms with Crippen molar-refractivity contribution in [3.63, 3.8) is 0 Å². The summed E-state index contributed by atoms with van der Waals surface area (Å²) in [5.74, 6) is 2.85. The van der Waals surface area contributed by atoms with Crippen molar-refractivity contribution < 1.29 is 0 Å². The SMILES string of the molecule is C#Cc1ccc2ccc3c(CCCCCCCC)ccc4ccc1c2c43. The Balaban J connectivity index is 1.73. The monoisotopic (exact) mass is 338 g/mol. The molecule has 0 bridgehead atoms. The molecule has 0 heterocycles. The quantitative estimate of drug-likeness (QED) is 0.186. The van der Waals surface area contributed by atoms with Crippen LogP contribution in [0.25, 0.3) is 32.3 Å². The molecule has 0 atom stereocenters. The van der Waals surface area contributed by atoms with Crippen LogP contribution in [-0.4, -0.2) is 0 Å². The van der Waals surface area contributed by atoms with Crippen LogP contribution in [0.3, 0.4) is 0 Å². The van der Waals surface area contributed by atoms with Gasteiger partial charge in [-0.2, -0.15) is 0 Å². The highest BCUT2D eigenvalue weighted by atomic mass is 14.2. The molecule has 0 saturated carbocycles. The van der Waals surface area contributed by atoms with Crippen molar-refractivity contribution >= 4 is 32.3 Å². The molecule has 130 valence electrons. The van der Waals surface area contributed by atoms with Gasteiger partial charge in [0.2, 0.25) is 0 Å². The Labute approximate surface area is 156 Å². The molecule has 0 fully saturated rings. The van der Waals surface area contributed by atoms with E-state index in [4.69, 9.17) is 6.42 Å². The molecule has 0 aliphatic rings. The number of aryl methyl sites for hydroxylation is 1. The summed E-state index contributed by atoms with van der Waals surface area (Å²) in [6.45, 7) is 2.27. The van der Waals surface area contributed by atoms with E-state index in [1.807, 2.05) is 0 Å². The van der Waals surface area contributed by atoms with Gasteiger partial charge in [0, 0.05) is 5.56 Å². The molecule has 0 N–H and O–H groups in total. The average Bonchev–Trinajstić information content (AvgIpc) is 2.69. The third-order valence-electron chi connectivity index (χ3n) is 5.71. The molecule has 0 unspecified atom stereocenters. The number of hydrogen-bond donors (Lipinski definition) is 0. The molecule has 0 aliphatic carbocycles. The van der Waals surface area contributed by atoms with Crippen molar-refractivity contribution in [1.82, 2.24) is 0 Å². The summed E-state index contributed by atoms with van der Waals surface area (Å²) >= 11 is 0. The third-order valence-corrected chi connectivity index (χ3v) is 5.71. The lowest BCUT2D eigenvalue weighted by molar-refractivity contribution is 0.608. The molecule has 0 heteroatoms. The number of rotatable bonds is 7. The van der Waals surface area contributed by atoms with Gasteiger partial charge in [-0.3, -0.25) is 0 Å². The maximum absolute atomic E-state index is 5.74. The van der Waals surface area contributed by atoms with E-state index in [2.05, 4.69) is 61.4 Å². The van der Waals surface area contributed by atoms with Crippen LogP contribution in [0.1, 0.15) is 56.6 Å². The topological polar surface area (TPSA) is 0 Å². The zero-order chi connectivity index (χ0) is 17.9. The minimum Gasteiger partial charge on any atom is -0.115 e. The fourth-order valence-corrected chi connectivity index (χ4v) is 4.30. The van der Waals surface area contributed by atoms with Crippen LogP contribution in [0.5, 0.6) is 0 Å². The number of terminal acetylenes is 1. The summed E-state index contributed by atoms with van der Waals surface area (Å²) in [4.78, 5) is 0. The number of hydrogen-bond acceptors (Lipinski definition) is 0. The van der Waals surface area contributed by atoms with Gasteiger partial charge in [0.1, 0.15) is 0 Å². The lowest BCUT2D eigenvalue weighted by Crippen LogP contribution is -1.92. The molecule has 0 saturated heterocycles. The van der Waals surface area contributed by atoms with Crippen LogP contribution in [0.2, 0.25) is 0 Å². The van der Waals surface area contributed by atoms with Crippen molar-refractivity contribution in [2.24, 2.45) is 0 Å². The summed E-state index contributed by atoms with van der Waals surface area (Å²) in [5, 5.41) is 7.94. The van der Waals surface area contributed by atoms with Crippen molar-refractivity contribution in [2.75, 3.05) is 0 Å². The number of benzene rings is 4. The van der Waals surface area contributed by atoms with Crippen LogP contribution in [0.15, 0.2) is 48.5 Å². The van der Waals surface area contributed by atoms with E-state index in [1.54, 1.807) is 0 Å². The zero-order valence-corrected chi connectivity index (χ0v) is 15.6. The van der Waals surface area contributed by atoms with Gasteiger partial charge in [-0.05, 0) is 56.8 Å². The molecule has 0 aliphatic heterocycles. The van der Waals surface area contributed by atoms with E-state index < -0.39 is 0 Å². The Morgan fingerprint density at radius 2 is 1.31 bits per heavy atom. The Morgan fingerprint density at radius 3 is 2.08 bits per heavy atom. The van der Waals surface area contributed by atoms with Gasteiger partial charge in [0.15, 0.2) is 0 Å². The van der Waals surface area contributed by atoms with E-state index in [1.165, 1.54) is 82.8 Å². The Morgan fingerprint density at radius 1 is 0.692 bits per heavy atom. The van der Waals surface area contributed by atoms with Gasteiger partial charge >= 0.3 is 0 Å². The molecule has 26 heavy (non-hydrogen) atoms. The highest BCUT2D eigenvalue weighted by Gasteiger charge is 2.12. The number of unbranched alkanes of at least 4 members (excludes halogenated alkanes) is 5. The Kier molecular flexibility index (Phi) is 4.81. The minimum atomic E-state index is 0.994. The van der Waals surface area contributed by atoms with Crippen molar-refractivity contribution in [1.29, 1.82) is 0 Å². The lowest BCUT2D eigenvalue weighted by atomic mass is 9.89. The Bertz CT molecular complexity index is 1080. The molecular weight excluding hydrogens is 312 g/mol. The predicted molar refractivity (Wildman–Crippen MR) is 115 cm³/mol. The van der Waals surface area contributed by atoms with Crippen LogP contribution in [0.4, 0.5) is 0 Å². The first-order valence-corrected chi connectivity index (χ1v) is 9.99. The largest absolute Gasteiger partial charge is 0.115 e. The third kappa shape index (κ3) is 2.93. The molecular formula is C26H26. The molecule has 0 aromatic heterocycles. The second-order valence-electron chi connectivity index (χ2n) is 7.42. The molecule has 0 nitrogen and oxygen atoms in total. The summed E-state index contributed by atoms with van der Waals surface area (Å²) in [5.41, 5.74) is 2.47. The van der Waals surface area contributed by atoms with Gasteiger partial charge in [-0.25, -0.2) is 0 Å². The van der Waals surface area contributed by atoms with E-state index in [0.29, 0.717) is 0 Å². The summed E-state index contributed by atoms with van der Waals surface area (Å²) in [7, 11) is 0. The fourth-order valence-electron chi connectivity index (χ4n) is 4.30. The van der Waals surface area contributed by atoms with Crippen LogP contribution in [0, 0.1) is 12.3 Å². The second-order valence-corrected chi connectivity index (χ2v) is 7.42. The second kappa shape index (κ2) is 7.38. The highest BCUT2D eigenvalue weighted by molar-refractivity contribution is 6.24. The molecule has 0 radical (unpaired) electrons. The van der Waals surface area contributed by atoms with Crippen LogP contribution in [-0.2, 0) is 6.42 Å². The van der Waals surface area contributed by atoms with Gasteiger partial charge < -0.3 is 0 Å². The van der Waals surface area contributed by atoms with E-state index >= 15 is 0 Å². The minimum absolute atomic E-state index is 0.994. The normalized spacial score (nSPS) is 11.5. The highest BCUT2D eigenvalue weighted by Crippen LogP contribution is 2.37. The van der Waals surface area contributed by atoms with Crippen LogP contribution >= 0.6 is 0 Å². The van der Waals surface area contributed by atoms with Crippen molar-refractivity contribution in [2.45, 2.75) is 51.9 Å². The van der Waals surface area contributed by atoms with Crippen molar-refractivity contribution in [3.05, 3.63) is 59.7 Å². The Hall–Kier alpha value is -2.52. The molecule has 0 spiro atoms. The summed E-state index contributed by atoms with van der Waals surface area (Å²) in [6, 6.07) is 17.8. The maximum atomic E-state index is 5.74. The summed E-state index contributed by atoms with van der Waals surface area (Å²) < 4.78 is 0. The first-order chi connectivity index (χ1) is 12.8. The molecule has 4 rings (SSSR count). The molecule has 0 amide bonds. The first-order valence-electron chi connectivity index (χ1n) is 9.99. The van der Waals surface area contributed by atoms with Crippen LogP contribution < -0.4 is 0 Å². The average molecular weight is 338 g/mol. The van der Waals surface area contributed by atoms with E-state index in [9.17, 15) is 0 Å². The van der Waals surface area contributed by atoms with Crippen molar-refractivity contribution in [3.8, 4) is 12.3 Å². The zero-order valence-electron chi connectivity index (χ0n) is 15.6. The predicted octanol–water partition coefficient (Wildman–Crippen LogP) is 7.47.